The zero-order valence-corrected chi connectivity index (χ0v) is 15.5. The zero-order valence-electron chi connectivity index (χ0n) is 14.7. The number of benzene rings is 2. The molecule has 0 radical (unpaired) electrons. The molecule has 6 heteroatoms. The second kappa shape index (κ2) is 7.24. The standard InChI is InChI=1S/C21H19ClO5/c22-16-5-3-15(4-6-16)21(8-9-21)20(24)27-13-17(23)14-2-7-18-19(12-14)26-11-1-10-25-18/h2-7,12H,1,8-11,13H2. The summed E-state index contributed by atoms with van der Waals surface area (Å²) in [5.41, 5.74) is 0.665. The van der Waals surface area contributed by atoms with Gasteiger partial charge in [0.25, 0.3) is 0 Å². The average Bonchev–Trinajstić information content (AvgIpc) is 3.50. The molecule has 1 aliphatic heterocycles. The molecule has 0 N–H and O–H groups in total. The number of esters is 1. The van der Waals surface area contributed by atoms with Crippen molar-refractivity contribution >= 4 is 23.4 Å². The zero-order chi connectivity index (χ0) is 18.9. The van der Waals surface area contributed by atoms with Gasteiger partial charge in [0, 0.05) is 17.0 Å². The van der Waals surface area contributed by atoms with Gasteiger partial charge in [-0.3, -0.25) is 9.59 Å². The Bertz CT molecular complexity index is 871. The summed E-state index contributed by atoms with van der Waals surface area (Å²) in [4.78, 5) is 25.0. The second-order valence-electron chi connectivity index (χ2n) is 6.80. The highest BCUT2D eigenvalue weighted by atomic mass is 35.5. The minimum absolute atomic E-state index is 0.272. The van der Waals surface area contributed by atoms with Crippen LogP contribution in [-0.4, -0.2) is 31.6 Å². The number of halogens is 1. The number of Topliss-reactive ketones (excluding diaryl/α,β-unsaturated/α-hetero) is 1. The maximum atomic E-state index is 12.6. The van der Waals surface area contributed by atoms with Crippen LogP contribution in [0.1, 0.15) is 35.2 Å². The molecule has 4 rings (SSSR count). The maximum Gasteiger partial charge on any atom is 0.317 e. The molecule has 1 aliphatic carbocycles. The Hall–Kier alpha value is -2.53. The topological polar surface area (TPSA) is 61.8 Å². The molecule has 27 heavy (non-hydrogen) atoms. The minimum Gasteiger partial charge on any atom is -0.490 e. The van der Waals surface area contributed by atoms with Crippen LogP contribution in [-0.2, 0) is 14.9 Å². The van der Waals surface area contributed by atoms with Crippen molar-refractivity contribution in [2.24, 2.45) is 0 Å². The lowest BCUT2D eigenvalue weighted by Crippen LogP contribution is -2.25. The summed E-state index contributed by atoms with van der Waals surface area (Å²) in [7, 11) is 0. The first-order chi connectivity index (χ1) is 13.1. The summed E-state index contributed by atoms with van der Waals surface area (Å²) in [6.45, 7) is 0.835. The highest BCUT2D eigenvalue weighted by Crippen LogP contribution is 2.49. The molecule has 2 aromatic rings. The summed E-state index contributed by atoms with van der Waals surface area (Å²) < 4.78 is 16.5. The van der Waals surface area contributed by atoms with Crippen LogP contribution in [0.25, 0.3) is 0 Å². The molecule has 0 bridgehead atoms. The van der Waals surface area contributed by atoms with Crippen LogP contribution in [0.2, 0.25) is 5.02 Å². The molecule has 1 saturated carbocycles. The molecule has 0 aromatic heterocycles. The van der Waals surface area contributed by atoms with Gasteiger partial charge in [-0.15, -0.1) is 0 Å². The SMILES string of the molecule is O=C(COC(=O)C1(c2ccc(Cl)cc2)CC1)c1ccc2c(c1)OCCCO2. The first kappa shape index (κ1) is 17.9. The van der Waals surface area contributed by atoms with Gasteiger partial charge in [0.15, 0.2) is 23.9 Å². The van der Waals surface area contributed by atoms with Crippen LogP contribution in [0.15, 0.2) is 42.5 Å². The van der Waals surface area contributed by atoms with Crippen LogP contribution in [0.3, 0.4) is 0 Å². The quantitative estimate of drug-likeness (QED) is 0.575. The van der Waals surface area contributed by atoms with Crippen molar-refractivity contribution < 1.29 is 23.8 Å². The van der Waals surface area contributed by atoms with Crippen molar-refractivity contribution in [1.29, 1.82) is 0 Å². The van der Waals surface area contributed by atoms with Crippen molar-refractivity contribution in [2.75, 3.05) is 19.8 Å². The van der Waals surface area contributed by atoms with Crippen LogP contribution in [0.5, 0.6) is 11.5 Å². The first-order valence-electron chi connectivity index (χ1n) is 8.95. The van der Waals surface area contributed by atoms with E-state index in [-0.39, 0.29) is 18.4 Å². The smallest absolute Gasteiger partial charge is 0.317 e. The third-order valence-corrected chi connectivity index (χ3v) is 5.19. The molecular weight excluding hydrogens is 368 g/mol. The Kier molecular flexibility index (Phi) is 4.79. The summed E-state index contributed by atoms with van der Waals surface area (Å²) in [6, 6.07) is 12.2. The first-order valence-corrected chi connectivity index (χ1v) is 9.32. The van der Waals surface area contributed by atoms with Crippen molar-refractivity contribution in [2.45, 2.75) is 24.7 Å². The fourth-order valence-electron chi connectivity index (χ4n) is 3.19. The van der Waals surface area contributed by atoms with Gasteiger partial charge in [-0.05, 0) is 48.7 Å². The lowest BCUT2D eigenvalue weighted by molar-refractivity contribution is -0.145. The van der Waals surface area contributed by atoms with Crippen molar-refractivity contribution in [1.82, 2.24) is 0 Å². The van der Waals surface area contributed by atoms with E-state index >= 15 is 0 Å². The molecule has 0 saturated heterocycles. The highest BCUT2D eigenvalue weighted by molar-refractivity contribution is 6.30. The normalized spacial score (nSPS) is 16.9. The van der Waals surface area contributed by atoms with Gasteiger partial charge in [0.1, 0.15) is 0 Å². The van der Waals surface area contributed by atoms with E-state index in [4.69, 9.17) is 25.8 Å². The van der Waals surface area contributed by atoms with E-state index in [2.05, 4.69) is 0 Å². The number of hydrogen-bond donors (Lipinski definition) is 0. The lowest BCUT2D eigenvalue weighted by Gasteiger charge is -2.15. The molecular formula is C21H19ClO5. The summed E-state index contributed by atoms with van der Waals surface area (Å²) in [6.07, 6.45) is 2.22. The summed E-state index contributed by atoms with van der Waals surface area (Å²) >= 11 is 5.91. The Labute approximate surface area is 162 Å². The van der Waals surface area contributed by atoms with Crippen LogP contribution < -0.4 is 9.47 Å². The Morgan fingerprint density at radius 1 is 1.00 bits per heavy atom. The monoisotopic (exact) mass is 386 g/mol. The number of hydrogen-bond acceptors (Lipinski definition) is 5. The van der Waals surface area contributed by atoms with Gasteiger partial charge < -0.3 is 14.2 Å². The van der Waals surface area contributed by atoms with Crippen LogP contribution >= 0.6 is 11.6 Å². The van der Waals surface area contributed by atoms with E-state index in [0.717, 1.165) is 12.0 Å². The molecule has 5 nitrogen and oxygen atoms in total. The number of carbonyl (C=O) groups is 2. The van der Waals surface area contributed by atoms with Gasteiger partial charge in [-0.1, -0.05) is 23.7 Å². The van der Waals surface area contributed by atoms with Gasteiger partial charge >= 0.3 is 5.97 Å². The fourth-order valence-corrected chi connectivity index (χ4v) is 3.32. The Balaban J connectivity index is 1.41. The van der Waals surface area contributed by atoms with E-state index < -0.39 is 5.41 Å². The third-order valence-electron chi connectivity index (χ3n) is 4.94. The maximum absolute atomic E-state index is 12.6. The number of ether oxygens (including phenoxy) is 3. The Morgan fingerprint density at radius 2 is 1.70 bits per heavy atom. The molecule has 2 aromatic carbocycles. The van der Waals surface area contributed by atoms with Crippen molar-refractivity contribution in [3.63, 3.8) is 0 Å². The molecule has 2 aliphatic rings. The highest BCUT2D eigenvalue weighted by Gasteiger charge is 2.52. The summed E-state index contributed by atoms with van der Waals surface area (Å²) in [5.74, 6) is 0.531. The molecule has 1 heterocycles. The van der Waals surface area contributed by atoms with Gasteiger partial charge in [-0.25, -0.2) is 0 Å². The van der Waals surface area contributed by atoms with Crippen LogP contribution in [0.4, 0.5) is 0 Å². The van der Waals surface area contributed by atoms with E-state index in [1.54, 1.807) is 30.3 Å². The predicted octanol–water partition coefficient (Wildman–Crippen LogP) is 3.96. The van der Waals surface area contributed by atoms with Crippen molar-refractivity contribution in [3.8, 4) is 11.5 Å². The predicted molar refractivity (Wildman–Crippen MR) is 99.7 cm³/mol. The minimum atomic E-state index is -0.643. The molecule has 0 unspecified atom stereocenters. The van der Waals surface area contributed by atoms with Crippen LogP contribution in [0, 0.1) is 0 Å². The number of rotatable bonds is 5. The van der Waals surface area contributed by atoms with Gasteiger partial charge in [-0.2, -0.15) is 0 Å². The third kappa shape index (κ3) is 3.65. The second-order valence-corrected chi connectivity index (χ2v) is 7.24. The Morgan fingerprint density at radius 3 is 2.41 bits per heavy atom. The van der Waals surface area contributed by atoms with E-state index in [9.17, 15) is 9.59 Å². The van der Waals surface area contributed by atoms with E-state index in [1.807, 2.05) is 12.1 Å². The van der Waals surface area contributed by atoms with Gasteiger partial charge in [0.05, 0.1) is 18.6 Å². The van der Waals surface area contributed by atoms with Gasteiger partial charge in [0.2, 0.25) is 0 Å². The number of fused-ring (bicyclic) bond motifs is 1. The fraction of sp³-hybridized carbons (Fsp3) is 0.333. The molecule has 0 spiro atoms. The molecule has 140 valence electrons. The largest absolute Gasteiger partial charge is 0.490 e. The number of ketones is 1. The molecule has 0 atom stereocenters. The van der Waals surface area contributed by atoms with E-state index in [0.29, 0.717) is 48.1 Å². The van der Waals surface area contributed by atoms with E-state index in [1.165, 1.54) is 0 Å². The molecule has 0 amide bonds. The average molecular weight is 387 g/mol. The lowest BCUT2D eigenvalue weighted by atomic mass is 9.96. The van der Waals surface area contributed by atoms with Crippen molar-refractivity contribution in [3.05, 3.63) is 58.6 Å². The molecule has 1 fully saturated rings. The summed E-state index contributed by atoms with van der Waals surface area (Å²) in [5, 5.41) is 0.618. The number of carbonyl (C=O) groups excluding carboxylic acids is 2.